The second kappa shape index (κ2) is 6.54. The second-order valence-electron chi connectivity index (χ2n) is 4.09. The third-order valence-corrected chi connectivity index (χ3v) is 4.20. The van der Waals surface area contributed by atoms with E-state index in [1.54, 1.807) is 11.8 Å². The molecule has 4 nitrogen and oxygen atoms in total. The topological polar surface area (TPSA) is 72.0 Å². The molecule has 0 fully saturated rings. The first-order valence-corrected chi connectivity index (χ1v) is 7.18. The van der Waals surface area contributed by atoms with E-state index in [4.69, 9.17) is 10.8 Å². The highest BCUT2D eigenvalue weighted by Gasteiger charge is 2.16. The summed E-state index contributed by atoms with van der Waals surface area (Å²) >= 11 is 3.17. The van der Waals surface area contributed by atoms with Crippen molar-refractivity contribution in [1.82, 2.24) is 9.36 Å². The Labute approximate surface area is 105 Å². The molecule has 1 aromatic heterocycles. The van der Waals surface area contributed by atoms with E-state index in [1.807, 2.05) is 6.92 Å². The fraction of sp³-hybridized carbons (Fsp3) is 0.800. The maximum atomic E-state index is 8.99. The lowest BCUT2D eigenvalue weighted by Crippen LogP contribution is -2.40. The average Bonchev–Trinajstić information content (AvgIpc) is 2.72. The Morgan fingerprint density at radius 2 is 2.31 bits per heavy atom. The first kappa shape index (κ1) is 13.9. The number of hydrogen-bond acceptors (Lipinski definition) is 6. The highest BCUT2D eigenvalue weighted by atomic mass is 32.2. The van der Waals surface area contributed by atoms with Crippen LogP contribution in [0.2, 0.25) is 0 Å². The van der Waals surface area contributed by atoms with E-state index < -0.39 is 5.54 Å². The van der Waals surface area contributed by atoms with Crippen molar-refractivity contribution in [3.8, 4) is 0 Å². The van der Waals surface area contributed by atoms with Crippen LogP contribution in [0.15, 0.2) is 4.34 Å². The van der Waals surface area contributed by atoms with Crippen LogP contribution in [0.1, 0.15) is 32.5 Å². The summed E-state index contributed by atoms with van der Waals surface area (Å²) in [5.41, 5.74) is 5.39. The van der Waals surface area contributed by atoms with Crippen LogP contribution >= 0.6 is 23.3 Å². The molecule has 0 saturated heterocycles. The molecule has 1 heterocycles. The SMILES string of the molecule is CCc1nsc(SCCCC(C)(N)CO)n1. The molecular weight excluding hydrogens is 242 g/mol. The largest absolute Gasteiger partial charge is 0.394 e. The average molecular weight is 261 g/mol. The van der Waals surface area contributed by atoms with Crippen LogP contribution in [0.4, 0.5) is 0 Å². The van der Waals surface area contributed by atoms with Gasteiger partial charge in [0.1, 0.15) is 5.82 Å². The molecule has 3 N–H and O–H groups in total. The Morgan fingerprint density at radius 3 is 2.88 bits per heavy atom. The Kier molecular flexibility index (Phi) is 5.68. The van der Waals surface area contributed by atoms with Crippen molar-refractivity contribution in [1.29, 1.82) is 0 Å². The Morgan fingerprint density at radius 1 is 1.56 bits per heavy atom. The highest BCUT2D eigenvalue weighted by molar-refractivity contribution is 8.00. The molecule has 0 amide bonds. The number of aliphatic hydroxyl groups excluding tert-OH is 1. The summed E-state index contributed by atoms with van der Waals surface area (Å²) in [5.74, 6) is 1.90. The third kappa shape index (κ3) is 4.78. The van der Waals surface area contributed by atoms with Gasteiger partial charge in [-0.3, -0.25) is 0 Å². The quantitative estimate of drug-likeness (QED) is 0.577. The number of nitrogens with two attached hydrogens (primary N) is 1. The first-order chi connectivity index (χ1) is 7.57. The van der Waals surface area contributed by atoms with Crippen molar-refractivity contribution >= 4 is 23.3 Å². The molecule has 1 unspecified atom stereocenters. The maximum Gasteiger partial charge on any atom is 0.170 e. The van der Waals surface area contributed by atoms with E-state index in [1.165, 1.54) is 11.5 Å². The lowest BCUT2D eigenvalue weighted by atomic mass is 9.99. The number of hydrogen-bond donors (Lipinski definition) is 2. The molecule has 0 bridgehead atoms. The number of rotatable bonds is 7. The van der Waals surface area contributed by atoms with Crippen molar-refractivity contribution in [3.63, 3.8) is 0 Å². The predicted octanol–water partition coefficient (Wildman–Crippen LogP) is 1.68. The van der Waals surface area contributed by atoms with Gasteiger partial charge in [0.05, 0.1) is 6.61 Å². The van der Waals surface area contributed by atoms with Crippen LogP contribution in [0, 0.1) is 0 Å². The van der Waals surface area contributed by atoms with Gasteiger partial charge < -0.3 is 10.8 Å². The summed E-state index contributed by atoms with van der Waals surface area (Å²) in [5, 5.41) is 8.99. The van der Waals surface area contributed by atoms with Crippen LogP contribution < -0.4 is 5.73 Å². The molecule has 1 rings (SSSR count). The molecule has 0 aromatic carbocycles. The van der Waals surface area contributed by atoms with Crippen molar-refractivity contribution in [3.05, 3.63) is 5.82 Å². The van der Waals surface area contributed by atoms with Gasteiger partial charge in [0.25, 0.3) is 0 Å². The smallest absolute Gasteiger partial charge is 0.170 e. The molecule has 1 aromatic rings. The van der Waals surface area contributed by atoms with Gasteiger partial charge >= 0.3 is 0 Å². The van der Waals surface area contributed by atoms with Crippen LogP contribution in [-0.2, 0) is 6.42 Å². The van der Waals surface area contributed by atoms with E-state index >= 15 is 0 Å². The van der Waals surface area contributed by atoms with Crippen LogP contribution in [0.5, 0.6) is 0 Å². The van der Waals surface area contributed by atoms with Gasteiger partial charge in [-0.15, -0.1) is 0 Å². The fourth-order valence-electron chi connectivity index (χ4n) is 1.15. The number of nitrogens with zero attached hydrogens (tertiary/aromatic N) is 2. The summed E-state index contributed by atoms with van der Waals surface area (Å²) in [7, 11) is 0. The van der Waals surface area contributed by atoms with E-state index in [-0.39, 0.29) is 6.61 Å². The van der Waals surface area contributed by atoms with Gasteiger partial charge in [0, 0.05) is 17.7 Å². The zero-order valence-corrected chi connectivity index (χ0v) is 11.4. The molecule has 0 aliphatic heterocycles. The Hall–Kier alpha value is -0.170. The Balaban J connectivity index is 2.20. The minimum Gasteiger partial charge on any atom is -0.394 e. The number of aromatic nitrogens is 2. The van der Waals surface area contributed by atoms with Crippen molar-refractivity contribution in [2.75, 3.05) is 12.4 Å². The standard InChI is InChI=1S/C10H19N3OS2/c1-3-8-12-9(16-13-8)15-6-4-5-10(2,11)7-14/h14H,3-7,11H2,1-2H3. The molecule has 0 saturated carbocycles. The summed E-state index contributed by atoms with van der Waals surface area (Å²) in [6.45, 7) is 3.96. The minimum atomic E-state index is -0.448. The van der Waals surface area contributed by atoms with Gasteiger partial charge in [0.15, 0.2) is 4.34 Å². The zero-order chi connectivity index (χ0) is 12.0. The lowest BCUT2D eigenvalue weighted by molar-refractivity contribution is 0.200. The number of aliphatic hydroxyl groups is 1. The predicted molar refractivity (Wildman–Crippen MR) is 68.9 cm³/mol. The van der Waals surface area contributed by atoms with E-state index in [9.17, 15) is 0 Å². The highest BCUT2D eigenvalue weighted by Crippen LogP contribution is 2.22. The number of thioether (sulfide) groups is 1. The van der Waals surface area contributed by atoms with Gasteiger partial charge in [-0.05, 0) is 31.3 Å². The van der Waals surface area contributed by atoms with E-state index in [0.29, 0.717) is 0 Å². The molecule has 16 heavy (non-hydrogen) atoms. The summed E-state index contributed by atoms with van der Waals surface area (Å²) in [4.78, 5) is 4.37. The van der Waals surface area contributed by atoms with Crippen molar-refractivity contribution < 1.29 is 5.11 Å². The van der Waals surface area contributed by atoms with Crippen molar-refractivity contribution in [2.45, 2.75) is 43.0 Å². The molecule has 0 radical (unpaired) electrons. The molecule has 6 heteroatoms. The zero-order valence-electron chi connectivity index (χ0n) is 9.77. The maximum absolute atomic E-state index is 8.99. The van der Waals surface area contributed by atoms with Crippen LogP contribution in [0.25, 0.3) is 0 Å². The molecule has 0 aliphatic rings. The van der Waals surface area contributed by atoms with Gasteiger partial charge in [0.2, 0.25) is 0 Å². The Bertz CT molecular complexity index is 315. The molecule has 0 aliphatic carbocycles. The minimum absolute atomic E-state index is 0.0382. The number of aryl methyl sites for hydroxylation is 1. The lowest BCUT2D eigenvalue weighted by Gasteiger charge is -2.20. The summed E-state index contributed by atoms with van der Waals surface area (Å²) < 4.78 is 5.25. The van der Waals surface area contributed by atoms with E-state index in [0.717, 1.165) is 35.2 Å². The summed E-state index contributed by atoms with van der Waals surface area (Å²) in [6.07, 6.45) is 2.71. The first-order valence-electron chi connectivity index (χ1n) is 5.42. The second-order valence-corrected chi connectivity index (χ2v) is 6.19. The van der Waals surface area contributed by atoms with Crippen molar-refractivity contribution in [2.24, 2.45) is 5.73 Å². The monoisotopic (exact) mass is 261 g/mol. The van der Waals surface area contributed by atoms with Gasteiger partial charge in [-0.25, -0.2) is 4.98 Å². The fourth-order valence-corrected chi connectivity index (χ4v) is 2.86. The molecular formula is C10H19N3OS2. The normalized spacial score (nSPS) is 15.0. The summed E-state index contributed by atoms with van der Waals surface area (Å²) in [6, 6.07) is 0. The van der Waals surface area contributed by atoms with Crippen LogP contribution in [-0.4, -0.2) is 32.4 Å². The van der Waals surface area contributed by atoms with E-state index in [2.05, 4.69) is 16.3 Å². The molecule has 92 valence electrons. The molecule has 0 spiro atoms. The van der Waals surface area contributed by atoms with Gasteiger partial charge in [-0.1, -0.05) is 18.7 Å². The molecule has 1 atom stereocenters. The van der Waals surface area contributed by atoms with Crippen LogP contribution in [0.3, 0.4) is 0 Å². The third-order valence-electron chi connectivity index (χ3n) is 2.24. The van der Waals surface area contributed by atoms with Gasteiger partial charge in [-0.2, -0.15) is 4.37 Å².